The van der Waals surface area contributed by atoms with Gasteiger partial charge in [-0.3, -0.25) is 14.4 Å². The number of rotatable bonds is 9. The van der Waals surface area contributed by atoms with Crippen molar-refractivity contribution in [2.75, 3.05) is 19.0 Å². The van der Waals surface area contributed by atoms with E-state index in [-0.39, 0.29) is 31.3 Å². The largest absolute Gasteiger partial charge is 0.484 e. The van der Waals surface area contributed by atoms with Gasteiger partial charge in [-0.15, -0.1) is 0 Å². The van der Waals surface area contributed by atoms with Gasteiger partial charge in [0.05, 0.1) is 6.42 Å². The van der Waals surface area contributed by atoms with Gasteiger partial charge in [-0.05, 0) is 41.8 Å². The van der Waals surface area contributed by atoms with E-state index in [9.17, 15) is 14.4 Å². The van der Waals surface area contributed by atoms with E-state index in [2.05, 4.69) is 10.6 Å². The number of carboxylic acids is 1. The van der Waals surface area contributed by atoms with Gasteiger partial charge < -0.3 is 20.5 Å². The zero-order chi connectivity index (χ0) is 19.6. The predicted octanol–water partition coefficient (Wildman–Crippen LogP) is 2.01. The average Bonchev–Trinajstić information content (AvgIpc) is 2.65. The Bertz CT molecular complexity index is 820. The smallest absolute Gasteiger partial charge is 0.303 e. The zero-order valence-corrected chi connectivity index (χ0v) is 15.0. The maximum atomic E-state index is 12.3. The number of anilines is 1. The normalized spacial score (nSPS) is 10.1. The number of hydrogen-bond donors (Lipinski definition) is 3. The number of likely N-dealkylation sites (N-methyl/N-ethyl adjacent to an activating group) is 1. The molecule has 0 aliphatic rings. The van der Waals surface area contributed by atoms with Gasteiger partial charge in [0.1, 0.15) is 5.75 Å². The van der Waals surface area contributed by atoms with Gasteiger partial charge in [-0.25, -0.2) is 0 Å². The SMILES string of the molecule is CNC(=O)COc1cccc(CC(=O)Nc2cccc(CCC(=O)O)c2)c1. The first-order valence-electron chi connectivity index (χ1n) is 8.49. The number of nitrogens with one attached hydrogen (secondary N) is 2. The molecule has 3 N–H and O–H groups in total. The number of benzene rings is 2. The van der Waals surface area contributed by atoms with Crippen molar-refractivity contribution in [1.82, 2.24) is 5.32 Å². The van der Waals surface area contributed by atoms with E-state index in [1.54, 1.807) is 42.5 Å². The molecule has 0 bridgehead atoms. The summed E-state index contributed by atoms with van der Waals surface area (Å²) in [5.74, 6) is -0.780. The molecule has 27 heavy (non-hydrogen) atoms. The molecule has 0 aliphatic heterocycles. The minimum atomic E-state index is -0.858. The summed E-state index contributed by atoms with van der Waals surface area (Å²) in [4.78, 5) is 34.2. The molecule has 0 heterocycles. The summed E-state index contributed by atoms with van der Waals surface area (Å²) < 4.78 is 5.37. The van der Waals surface area contributed by atoms with Crippen molar-refractivity contribution < 1.29 is 24.2 Å². The molecule has 2 aromatic rings. The number of carbonyl (C=O) groups is 3. The van der Waals surface area contributed by atoms with E-state index in [0.717, 1.165) is 11.1 Å². The summed E-state index contributed by atoms with van der Waals surface area (Å²) >= 11 is 0. The van der Waals surface area contributed by atoms with Crippen LogP contribution < -0.4 is 15.4 Å². The Kier molecular flexibility index (Phi) is 7.37. The maximum Gasteiger partial charge on any atom is 0.303 e. The first-order valence-corrected chi connectivity index (χ1v) is 8.49. The first kappa shape index (κ1) is 20.0. The van der Waals surface area contributed by atoms with Crippen molar-refractivity contribution in [3.05, 3.63) is 59.7 Å². The molecule has 7 heteroatoms. The van der Waals surface area contributed by atoms with E-state index in [0.29, 0.717) is 17.9 Å². The van der Waals surface area contributed by atoms with Crippen LogP contribution in [-0.2, 0) is 27.2 Å². The standard InChI is InChI=1S/C20H22N2O5/c1-21-19(24)13-27-17-7-3-5-15(11-17)12-18(23)22-16-6-2-4-14(10-16)8-9-20(25)26/h2-7,10-11H,8-9,12-13H2,1H3,(H,21,24)(H,22,23)(H,25,26). The van der Waals surface area contributed by atoms with Crippen molar-refractivity contribution in [3.63, 3.8) is 0 Å². The fourth-order valence-electron chi connectivity index (χ4n) is 2.41. The van der Waals surface area contributed by atoms with Crippen LogP contribution in [0.25, 0.3) is 0 Å². The van der Waals surface area contributed by atoms with E-state index in [4.69, 9.17) is 9.84 Å². The van der Waals surface area contributed by atoms with E-state index >= 15 is 0 Å². The molecule has 2 rings (SSSR count). The summed E-state index contributed by atoms with van der Waals surface area (Å²) in [6.45, 7) is -0.0880. The molecule has 0 fully saturated rings. The monoisotopic (exact) mass is 370 g/mol. The fraction of sp³-hybridized carbons (Fsp3) is 0.250. The van der Waals surface area contributed by atoms with Gasteiger partial charge >= 0.3 is 5.97 Å². The van der Waals surface area contributed by atoms with Gasteiger partial charge in [0.2, 0.25) is 5.91 Å². The molecule has 0 spiro atoms. The number of aryl methyl sites for hydroxylation is 1. The van der Waals surface area contributed by atoms with E-state index in [1.807, 2.05) is 6.07 Å². The second kappa shape index (κ2) is 9.96. The number of carbonyl (C=O) groups excluding carboxylic acids is 2. The van der Waals surface area contributed by atoms with E-state index in [1.165, 1.54) is 7.05 Å². The number of aliphatic carboxylic acids is 1. The van der Waals surface area contributed by atoms with Crippen molar-refractivity contribution in [2.45, 2.75) is 19.3 Å². The predicted molar refractivity (Wildman–Crippen MR) is 101 cm³/mol. The molecule has 0 radical (unpaired) electrons. The Morgan fingerprint density at radius 1 is 1.00 bits per heavy atom. The Morgan fingerprint density at radius 2 is 1.74 bits per heavy atom. The van der Waals surface area contributed by atoms with Crippen LogP contribution in [0.15, 0.2) is 48.5 Å². The van der Waals surface area contributed by atoms with Gasteiger partial charge in [-0.1, -0.05) is 24.3 Å². The third-order valence-corrected chi connectivity index (χ3v) is 3.75. The Balaban J connectivity index is 1.92. The van der Waals surface area contributed by atoms with Crippen LogP contribution in [0.5, 0.6) is 5.75 Å². The number of amides is 2. The minimum Gasteiger partial charge on any atom is -0.484 e. The highest BCUT2D eigenvalue weighted by Crippen LogP contribution is 2.16. The molecule has 2 amide bonds. The lowest BCUT2D eigenvalue weighted by Gasteiger charge is -2.09. The zero-order valence-electron chi connectivity index (χ0n) is 15.0. The number of ether oxygens (including phenoxy) is 1. The fourth-order valence-corrected chi connectivity index (χ4v) is 2.41. The summed E-state index contributed by atoms with van der Waals surface area (Å²) in [6.07, 6.45) is 0.598. The Labute approximate surface area is 157 Å². The van der Waals surface area contributed by atoms with Crippen molar-refractivity contribution in [3.8, 4) is 5.75 Å². The third-order valence-electron chi connectivity index (χ3n) is 3.75. The van der Waals surface area contributed by atoms with Crippen LogP contribution in [0.2, 0.25) is 0 Å². The van der Waals surface area contributed by atoms with E-state index < -0.39 is 5.97 Å². The summed E-state index contributed by atoms with van der Waals surface area (Å²) in [5.41, 5.74) is 2.22. The molecule has 142 valence electrons. The van der Waals surface area contributed by atoms with Crippen molar-refractivity contribution in [1.29, 1.82) is 0 Å². The van der Waals surface area contributed by atoms with Crippen LogP contribution in [0.3, 0.4) is 0 Å². The summed E-state index contributed by atoms with van der Waals surface area (Å²) in [5, 5.41) is 14.0. The van der Waals surface area contributed by atoms with Gasteiger partial charge in [0.15, 0.2) is 6.61 Å². The molecule has 0 atom stereocenters. The highest BCUT2D eigenvalue weighted by atomic mass is 16.5. The molecule has 0 aliphatic carbocycles. The molecule has 2 aromatic carbocycles. The Morgan fingerprint density at radius 3 is 2.48 bits per heavy atom. The van der Waals surface area contributed by atoms with Gasteiger partial charge in [0.25, 0.3) is 5.91 Å². The molecule has 7 nitrogen and oxygen atoms in total. The lowest BCUT2D eigenvalue weighted by molar-refractivity contribution is -0.137. The number of hydrogen-bond acceptors (Lipinski definition) is 4. The number of carboxylic acid groups (broad SMARTS) is 1. The highest BCUT2D eigenvalue weighted by Gasteiger charge is 2.07. The summed E-state index contributed by atoms with van der Waals surface area (Å²) in [6, 6.07) is 14.1. The maximum absolute atomic E-state index is 12.3. The van der Waals surface area contributed by atoms with Gasteiger partial charge in [-0.2, -0.15) is 0 Å². The first-order chi connectivity index (χ1) is 13.0. The minimum absolute atomic E-state index is 0.0419. The van der Waals surface area contributed by atoms with Crippen molar-refractivity contribution >= 4 is 23.5 Å². The molecule has 0 saturated carbocycles. The molecular weight excluding hydrogens is 348 g/mol. The van der Waals surface area contributed by atoms with Gasteiger partial charge in [0, 0.05) is 19.2 Å². The van der Waals surface area contributed by atoms with Crippen molar-refractivity contribution in [2.24, 2.45) is 0 Å². The molecule has 0 unspecified atom stereocenters. The lowest BCUT2D eigenvalue weighted by Crippen LogP contribution is -2.24. The molecule has 0 aromatic heterocycles. The second-order valence-corrected chi connectivity index (χ2v) is 5.93. The average molecular weight is 370 g/mol. The highest BCUT2D eigenvalue weighted by molar-refractivity contribution is 5.92. The van der Waals surface area contributed by atoms with Crippen LogP contribution in [0, 0.1) is 0 Å². The van der Waals surface area contributed by atoms with Crippen LogP contribution >= 0.6 is 0 Å². The Hall–Kier alpha value is -3.35. The van der Waals surface area contributed by atoms with Crippen LogP contribution in [-0.4, -0.2) is 36.5 Å². The lowest BCUT2D eigenvalue weighted by atomic mass is 10.1. The third kappa shape index (κ3) is 7.19. The molecule has 0 saturated heterocycles. The van der Waals surface area contributed by atoms with Crippen LogP contribution in [0.4, 0.5) is 5.69 Å². The summed E-state index contributed by atoms with van der Waals surface area (Å²) in [7, 11) is 1.53. The topological polar surface area (TPSA) is 105 Å². The second-order valence-electron chi connectivity index (χ2n) is 5.93. The quantitative estimate of drug-likeness (QED) is 0.626. The molecular formula is C20H22N2O5. The van der Waals surface area contributed by atoms with Crippen LogP contribution in [0.1, 0.15) is 17.5 Å².